The molecule has 3 N–H and O–H groups in total. The van der Waals surface area contributed by atoms with E-state index < -0.39 is 0 Å². The maximum absolute atomic E-state index is 11.8. The number of carbonyl (C=O) groups excluding carboxylic acids is 1. The van der Waals surface area contributed by atoms with Gasteiger partial charge in [0.25, 0.3) is 0 Å². The molecule has 0 saturated heterocycles. The second-order valence-electron chi connectivity index (χ2n) is 5.03. The lowest BCUT2D eigenvalue weighted by Crippen LogP contribution is -2.32. The van der Waals surface area contributed by atoms with E-state index in [2.05, 4.69) is 51.8 Å². The monoisotopic (exact) mass is 361 g/mol. The van der Waals surface area contributed by atoms with Crippen molar-refractivity contribution in [1.82, 2.24) is 5.32 Å². The number of aryl methyl sites for hydroxylation is 1. The first-order valence-electron chi connectivity index (χ1n) is 7.17. The van der Waals surface area contributed by atoms with Crippen molar-refractivity contribution in [2.75, 3.05) is 23.7 Å². The van der Waals surface area contributed by atoms with Gasteiger partial charge in [0.05, 0.1) is 5.69 Å². The molecule has 2 aromatic rings. The normalized spacial score (nSPS) is 10.1. The van der Waals surface area contributed by atoms with Crippen LogP contribution < -0.4 is 16.0 Å². The SMILES string of the molecule is Cc1cccc(NCCNC(=O)Nc2ccccc2Br)c1C. The average molecular weight is 362 g/mol. The van der Waals surface area contributed by atoms with Crippen molar-refractivity contribution in [3.05, 3.63) is 58.1 Å². The number of halogens is 1. The first-order valence-corrected chi connectivity index (χ1v) is 7.96. The van der Waals surface area contributed by atoms with E-state index in [4.69, 9.17) is 0 Å². The summed E-state index contributed by atoms with van der Waals surface area (Å²) >= 11 is 3.40. The maximum atomic E-state index is 11.8. The maximum Gasteiger partial charge on any atom is 0.319 e. The van der Waals surface area contributed by atoms with Gasteiger partial charge in [0.15, 0.2) is 0 Å². The topological polar surface area (TPSA) is 53.2 Å². The van der Waals surface area contributed by atoms with Gasteiger partial charge in [-0.2, -0.15) is 0 Å². The molecular weight excluding hydrogens is 342 g/mol. The van der Waals surface area contributed by atoms with E-state index in [1.807, 2.05) is 36.4 Å². The number of hydrogen-bond donors (Lipinski definition) is 3. The summed E-state index contributed by atoms with van der Waals surface area (Å²) in [6.07, 6.45) is 0. The summed E-state index contributed by atoms with van der Waals surface area (Å²) in [6.45, 7) is 5.39. The van der Waals surface area contributed by atoms with E-state index in [1.165, 1.54) is 11.1 Å². The number of hydrogen-bond acceptors (Lipinski definition) is 2. The lowest BCUT2D eigenvalue weighted by Gasteiger charge is -2.12. The van der Waals surface area contributed by atoms with E-state index in [0.717, 1.165) is 15.8 Å². The van der Waals surface area contributed by atoms with Gasteiger partial charge in [-0.15, -0.1) is 0 Å². The Kier molecular flexibility index (Phi) is 5.83. The molecule has 0 heterocycles. The van der Waals surface area contributed by atoms with Crippen LogP contribution in [0, 0.1) is 13.8 Å². The number of amides is 2. The van der Waals surface area contributed by atoms with Crippen molar-refractivity contribution in [3.8, 4) is 0 Å². The van der Waals surface area contributed by atoms with Gasteiger partial charge in [0.1, 0.15) is 0 Å². The molecule has 22 heavy (non-hydrogen) atoms. The van der Waals surface area contributed by atoms with Gasteiger partial charge in [-0.05, 0) is 59.1 Å². The Hall–Kier alpha value is -2.01. The van der Waals surface area contributed by atoms with Gasteiger partial charge in [-0.3, -0.25) is 0 Å². The van der Waals surface area contributed by atoms with Crippen LogP contribution in [0.5, 0.6) is 0 Å². The summed E-state index contributed by atoms with van der Waals surface area (Å²) in [5, 5.41) is 8.97. The van der Waals surface area contributed by atoms with E-state index in [-0.39, 0.29) is 6.03 Å². The molecule has 4 nitrogen and oxygen atoms in total. The molecule has 5 heteroatoms. The Morgan fingerprint density at radius 2 is 1.73 bits per heavy atom. The molecule has 0 fully saturated rings. The highest BCUT2D eigenvalue weighted by Gasteiger charge is 2.04. The first-order chi connectivity index (χ1) is 10.6. The summed E-state index contributed by atoms with van der Waals surface area (Å²) in [5.74, 6) is 0. The Morgan fingerprint density at radius 3 is 2.50 bits per heavy atom. The summed E-state index contributed by atoms with van der Waals surface area (Å²) in [7, 11) is 0. The van der Waals surface area contributed by atoms with Crippen LogP contribution in [-0.4, -0.2) is 19.1 Å². The molecule has 0 radical (unpaired) electrons. The molecular formula is C17H20BrN3O. The number of benzene rings is 2. The first kappa shape index (κ1) is 16.4. The summed E-state index contributed by atoms with van der Waals surface area (Å²) in [4.78, 5) is 11.8. The van der Waals surface area contributed by atoms with Gasteiger partial charge in [-0.25, -0.2) is 4.79 Å². The zero-order valence-corrected chi connectivity index (χ0v) is 14.3. The number of nitrogens with one attached hydrogen (secondary N) is 3. The number of carbonyl (C=O) groups is 1. The van der Waals surface area contributed by atoms with E-state index in [9.17, 15) is 4.79 Å². The van der Waals surface area contributed by atoms with Crippen LogP contribution in [0.2, 0.25) is 0 Å². The van der Waals surface area contributed by atoms with E-state index in [0.29, 0.717) is 13.1 Å². The summed E-state index contributed by atoms with van der Waals surface area (Å²) < 4.78 is 0.860. The van der Waals surface area contributed by atoms with Crippen LogP contribution in [0.25, 0.3) is 0 Å². The molecule has 0 aliphatic carbocycles. The second kappa shape index (κ2) is 7.84. The second-order valence-corrected chi connectivity index (χ2v) is 5.89. The van der Waals surface area contributed by atoms with E-state index >= 15 is 0 Å². The van der Waals surface area contributed by atoms with Gasteiger partial charge in [-0.1, -0.05) is 24.3 Å². The van der Waals surface area contributed by atoms with Gasteiger partial charge in [0.2, 0.25) is 0 Å². The molecule has 2 aromatic carbocycles. The summed E-state index contributed by atoms with van der Waals surface area (Å²) in [5.41, 5.74) is 4.35. The molecule has 0 saturated carbocycles. The Bertz CT molecular complexity index is 658. The lowest BCUT2D eigenvalue weighted by atomic mass is 10.1. The van der Waals surface area contributed by atoms with Crippen LogP contribution in [0.4, 0.5) is 16.2 Å². The van der Waals surface area contributed by atoms with Crippen molar-refractivity contribution in [2.24, 2.45) is 0 Å². The van der Waals surface area contributed by atoms with Crippen LogP contribution >= 0.6 is 15.9 Å². The molecule has 0 aliphatic heterocycles. The minimum atomic E-state index is -0.213. The van der Waals surface area contributed by atoms with Gasteiger partial charge >= 0.3 is 6.03 Å². The predicted molar refractivity (Wildman–Crippen MR) is 95.6 cm³/mol. The fourth-order valence-corrected chi connectivity index (χ4v) is 2.43. The van der Waals surface area contributed by atoms with Gasteiger partial charge in [0, 0.05) is 23.2 Å². The highest BCUT2D eigenvalue weighted by atomic mass is 79.9. The Balaban J connectivity index is 1.76. The van der Waals surface area contributed by atoms with Crippen LogP contribution in [0.15, 0.2) is 46.9 Å². The number of para-hydroxylation sites is 1. The van der Waals surface area contributed by atoms with Gasteiger partial charge < -0.3 is 16.0 Å². The quantitative estimate of drug-likeness (QED) is 0.695. The zero-order chi connectivity index (χ0) is 15.9. The highest BCUT2D eigenvalue weighted by molar-refractivity contribution is 9.10. The van der Waals surface area contributed by atoms with Crippen LogP contribution in [0.3, 0.4) is 0 Å². The van der Waals surface area contributed by atoms with Crippen LogP contribution in [-0.2, 0) is 0 Å². The summed E-state index contributed by atoms with van der Waals surface area (Å²) in [6, 6.07) is 13.5. The Morgan fingerprint density at radius 1 is 1.00 bits per heavy atom. The standard InChI is InChI=1S/C17H20BrN3O/c1-12-6-5-9-15(13(12)2)19-10-11-20-17(22)21-16-8-4-3-7-14(16)18/h3-9,19H,10-11H2,1-2H3,(H2,20,21,22). The minimum absolute atomic E-state index is 0.213. The minimum Gasteiger partial charge on any atom is -0.383 e. The molecule has 2 amide bonds. The third kappa shape index (κ3) is 4.49. The van der Waals surface area contributed by atoms with Crippen molar-refractivity contribution in [2.45, 2.75) is 13.8 Å². The molecule has 0 bridgehead atoms. The van der Waals surface area contributed by atoms with Crippen molar-refractivity contribution >= 4 is 33.3 Å². The molecule has 2 rings (SSSR count). The Labute approximate surface area is 139 Å². The highest BCUT2D eigenvalue weighted by Crippen LogP contribution is 2.20. The zero-order valence-electron chi connectivity index (χ0n) is 12.7. The molecule has 0 unspecified atom stereocenters. The molecule has 0 spiro atoms. The smallest absolute Gasteiger partial charge is 0.319 e. The third-order valence-corrected chi connectivity index (χ3v) is 4.14. The molecule has 116 valence electrons. The number of rotatable bonds is 5. The predicted octanol–water partition coefficient (Wildman–Crippen LogP) is 4.30. The van der Waals surface area contributed by atoms with Crippen molar-refractivity contribution in [1.29, 1.82) is 0 Å². The lowest BCUT2D eigenvalue weighted by molar-refractivity contribution is 0.252. The number of urea groups is 1. The van der Waals surface area contributed by atoms with Crippen molar-refractivity contribution < 1.29 is 4.79 Å². The molecule has 0 aliphatic rings. The third-order valence-electron chi connectivity index (χ3n) is 3.45. The fraction of sp³-hybridized carbons (Fsp3) is 0.235. The van der Waals surface area contributed by atoms with Crippen molar-refractivity contribution in [3.63, 3.8) is 0 Å². The fourth-order valence-electron chi connectivity index (χ4n) is 2.04. The largest absolute Gasteiger partial charge is 0.383 e. The number of anilines is 2. The molecule has 0 aromatic heterocycles. The average Bonchev–Trinajstić information content (AvgIpc) is 2.50. The van der Waals surface area contributed by atoms with Crippen LogP contribution in [0.1, 0.15) is 11.1 Å². The molecule has 0 atom stereocenters. The van der Waals surface area contributed by atoms with E-state index in [1.54, 1.807) is 0 Å².